The minimum absolute atomic E-state index is 0.127. The number of ether oxygens (including phenoxy) is 1. The lowest BCUT2D eigenvalue weighted by Crippen LogP contribution is -2.33. The second-order valence-corrected chi connectivity index (χ2v) is 7.00. The summed E-state index contributed by atoms with van der Waals surface area (Å²) in [5.41, 5.74) is 3.51. The van der Waals surface area contributed by atoms with Crippen molar-refractivity contribution in [3.05, 3.63) is 41.1 Å². The number of amides is 1. The minimum atomic E-state index is -0.427. The first-order valence-corrected chi connectivity index (χ1v) is 8.84. The summed E-state index contributed by atoms with van der Waals surface area (Å²) in [7, 11) is 0. The van der Waals surface area contributed by atoms with Gasteiger partial charge in [0.2, 0.25) is 0 Å². The first-order valence-electron chi connectivity index (χ1n) is 8.84. The summed E-state index contributed by atoms with van der Waals surface area (Å²) < 4.78 is 5.09. The van der Waals surface area contributed by atoms with Gasteiger partial charge >= 0.3 is 5.97 Å². The molecule has 0 spiro atoms. The molecule has 0 radical (unpaired) electrons. The largest absolute Gasteiger partial charge is 0.462 e. The van der Waals surface area contributed by atoms with E-state index in [2.05, 4.69) is 12.2 Å². The highest BCUT2D eigenvalue weighted by Crippen LogP contribution is 2.31. The van der Waals surface area contributed by atoms with Crippen LogP contribution in [-0.4, -0.2) is 29.5 Å². The molecular formula is C20H24N2O3. The van der Waals surface area contributed by atoms with Crippen molar-refractivity contribution in [2.75, 3.05) is 6.54 Å². The molecule has 5 nitrogen and oxygen atoms in total. The predicted octanol–water partition coefficient (Wildman–Crippen LogP) is 3.04. The second-order valence-electron chi connectivity index (χ2n) is 7.00. The molecule has 1 heterocycles. The number of carbonyl (C=O) groups excluding carboxylic acids is 2. The number of nitrogens with zero attached hydrogens (tertiary/aromatic N) is 1. The van der Waals surface area contributed by atoms with Crippen molar-refractivity contribution in [1.29, 1.82) is 0 Å². The molecule has 0 fully saturated rings. The van der Waals surface area contributed by atoms with E-state index < -0.39 is 5.97 Å². The highest BCUT2D eigenvalue weighted by Gasteiger charge is 2.25. The van der Waals surface area contributed by atoms with E-state index in [1.165, 1.54) is 0 Å². The summed E-state index contributed by atoms with van der Waals surface area (Å²) in [6, 6.07) is 7.68. The highest BCUT2D eigenvalue weighted by molar-refractivity contribution is 6.08. The van der Waals surface area contributed by atoms with E-state index in [0.29, 0.717) is 11.5 Å². The summed E-state index contributed by atoms with van der Waals surface area (Å²) in [5.74, 6) is -0.137. The van der Waals surface area contributed by atoms with Gasteiger partial charge in [0.15, 0.2) is 0 Å². The van der Waals surface area contributed by atoms with Crippen LogP contribution in [0.5, 0.6) is 0 Å². The van der Waals surface area contributed by atoms with Gasteiger partial charge < -0.3 is 10.1 Å². The van der Waals surface area contributed by atoms with E-state index in [0.717, 1.165) is 41.4 Å². The lowest BCUT2D eigenvalue weighted by atomic mass is 9.84. The second kappa shape index (κ2) is 7.21. The van der Waals surface area contributed by atoms with E-state index in [1.54, 1.807) is 13.8 Å². The van der Waals surface area contributed by atoms with Crippen molar-refractivity contribution in [2.24, 2.45) is 5.92 Å². The van der Waals surface area contributed by atoms with Gasteiger partial charge in [-0.25, -0.2) is 0 Å². The van der Waals surface area contributed by atoms with Crippen molar-refractivity contribution < 1.29 is 14.3 Å². The van der Waals surface area contributed by atoms with Gasteiger partial charge in [-0.1, -0.05) is 25.1 Å². The Morgan fingerprint density at radius 1 is 1.32 bits per heavy atom. The molecule has 5 heteroatoms. The predicted molar refractivity (Wildman–Crippen MR) is 96.5 cm³/mol. The lowest BCUT2D eigenvalue weighted by Gasteiger charge is -2.24. The first-order chi connectivity index (χ1) is 12.0. The molecule has 0 bridgehead atoms. The van der Waals surface area contributed by atoms with Crippen molar-refractivity contribution in [3.8, 4) is 0 Å². The van der Waals surface area contributed by atoms with Crippen molar-refractivity contribution in [1.82, 2.24) is 10.3 Å². The molecule has 0 aliphatic heterocycles. The molecule has 0 saturated heterocycles. The van der Waals surface area contributed by atoms with E-state index in [4.69, 9.17) is 9.72 Å². The summed E-state index contributed by atoms with van der Waals surface area (Å²) in [4.78, 5) is 29.4. The number of benzene rings is 1. The fourth-order valence-corrected chi connectivity index (χ4v) is 3.37. The zero-order valence-corrected chi connectivity index (χ0v) is 15.0. The maximum absolute atomic E-state index is 12.9. The van der Waals surface area contributed by atoms with Gasteiger partial charge in [-0.05, 0) is 50.7 Å². The van der Waals surface area contributed by atoms with Crippen LogP contribution in [0.2, 0.25) is 0 Å². The number of hydrogen-bond acceptors (Lipinski definition) is 4. The Hall–Kier alpha value is -2.43. The standard InChI is InChI=1S/C20H24N2O3/c1-12(2)25-18(23)11-21-20(24)19-14-6-4-5-7-16(14)22-17-9-8-13(3)10-15(17)19/h4-7,12-13H,8-11H2,1-3H3,(H,21,24). The summed E-state index contributed by atoms with van der Waals surface area (Å²) in [5, 5.41) is 3.56. The van der Waals surface area contributed by atoms with Gasteiger partial charge in [0.1, 0.15) is 6.54 Å². The average molecular weight is 340 g/mol. The Balaban J connectivity index is 1.95. The van der Waals surface area contributed by atoms with Gasteiger partial charge in [-0.3, -0.25) is 14.6 Å². The molecule has 3 rings (SSSR count). The van der Waals surface area contributed by atoms with Crippen LogP contribution in [0.4, 0.5) is 0 Å². The molecule has 1 N–H and O–H groups in total. The molecule has 0 saturated carbocycles. The molecule has 1 amide bonds. The Morgan fingerprint density at radius 2 is 2.08 bits per heavy atom. The smallest absolute Gasteiger partial charge is 0.325 e. The van der Waals surface area contributed by atoms with E-state index in [9.17, 15) is 9.59 Å². The number of rotatable bonds is 4. The van der Waals surface area contributed by atoms with Gasteiger partial charge in [0.25, 0.3) is 5.91 Å². The lowest BCUT2D eigenvalue weighted by molar-refractivity contribution is -0.146. The third kappa shape index (κ3) is 3.81. The zero-order chi connectivity index (χ0) is 18.0. The molecule has 1 atom stereocenters. The molecule has 25 heavy (non-hydrogen) atoms. The van der Waals surface area contributed by atoms with Crippen molar-refractivity contribution in [3.63, 3.8) is 0 Å². The van der Waals surface area contributed by atoms with Crippen LogP contribution in [-0.2, 0) is 22.4 Å². The molecule has 1 aliphatic carbocycles. The number of carbonyl (C=O) groups is 2. The van der Waals surface area contributed by atoms with E-state index >= 15 is 0 Å². The molecule has 2 aromatic rings. The number of fused-ring (bicyclic) bond motifs is 2. The van der Waals surface area contributed by atoms with Crippen LogP contribution in [0.3, 0.4) is 0 Å². The maximum atomic E-state index is 12.9. The number of hydrogen-bond donors (Lipinski definition) is 1. The Bertz CT molecular complexity index is 814. The topological polar surface area (TPSA) is 68.3 Å². The average Bonchev–Trinajstić information content (AvgIpc) is 2.57. The Morgan fingerprint density at radius 3 is 2.84 bits per heavy atom. The minimum Gasteiger partial charge on any atom is -0.462 e. The van der Waals surface area contributed by atoms with Crippen LogP contribution in [0, 0.1) is 5.92 Å². The van der Waals surface area contributed by atoms with Crippen molar-refractivity contribution in [2.45, 2.75) is 46.1 Å². The van der Waals surface area contributed by atoms with Crippen LogP contribution in [0.1, 0.15) is 48.8 Å². The molecule has 132 valence electrons. The highest BCUT2D eigenvalue weighted by atomic mass is 16.5. The SMILES string of the molecule is CC1CCc2nc3ccccc3c(C(=O)NCC(=O)OC(C)C)c2C1. The molecular weight excluding hydrogens is 316 g/mol. The third-order valence-corrected chi connectivity index (χ3v) is 4.49. The third-order valence-electron chi connectivity index (χ3n) is 4.49. The summed E-state index contributed by atoms with van der Waals surface area (Å²) in [6.07, 6.45) is 2.61. The number of para-hydroxylation sites is 1. The fraction of sp³-hybridized carbons (Fsp3) is 0.450. The van der Waals surface area contributed by atoms with Gasteiger partial charge in [0, 0.05) is 11.1 Å². The quantitative estimate of drug-likeness (QED) is 0.869. The maximum Gasteiger partial charge on any atom is 0.325 e. The van der Waals surface area contributed by atoms with E-state index in [1.807, 2.05) is 24.3 Å². The zero-order valence-electron chi connectivity index (χ0n) is 15.0. The van der Waals surface area contributed by atoms with Crippen LogP contribution in [0.15, 0.2) is 24.3 Å². The number of nitrogens with one attached hydrogen (secondary N) is 1. The Labute approximate surface area is 147 Å². The van der Waals surface area contributed by atoms with Crippen LogP contribution < -0.4 is 5.32 Å². The number of aromatic nitrogens is 1. The van der Waals surface area contributed by atoms with Gasteiger partial charge in [-0.2, -0.15) is 0 Å². The van der Waals surface area contributed by atoms with E-state index in [-0.39, 0.29) is 18.6 Å². The summed E-state index contributed by atoms with van der Waals surface area (Å²) in [6.45, 7) is 5.64. The van der Waals surface area contributed by atoms with Crippen LogP contribution in [0.25, 0.3) is 10.9 Å². The monoisotopic (exact) mass is 340 g/mol. The number of pyridine rings is 1. The summed E-state index contributed by atoms with van der Waals surface area (Å²) >= 11 is 0. The molecule has 1 aliphatic rings. The van der Waals surface area contributed by atoms with Crippen LogP contribution >= 0.6 is 0 Å². The Kier molecular flexibility index (Phi) is 5.02. The molecule has 1 aromatic heterocycles. The first kappa shape index (κ1) is 17.4. The normalized spacial score (nSPS) is 16.6. The van der Waals surface area contributed by atoms with Gasteiger partial charge in [-0.15, -0.1) is 0 Å². The number of aryl methyl sites for hydroxylation is 1. The molecule has 1 unspecified atom stereocenters. The number of esters is 1. The van der Waals surface area contributed by atoms with Gasteiger partial charge in [0.05, 0.1) is 17.2 Å². The fourth-order valence-electron chi connectivity index (χ4n) is 3.37. The molecule has 1 aromatic carbocycles. The van der Waals surface area contributed by atoms with Crippen molar-refractivity contribution >= 4 is 22.8 Å².